The summed E-state index contributed by atoms with van der Waals surface area (Å²) in [4.78, 5) is 5.49. The molecule has 2 aromatic heterocycles. The molecular weight excluding hydrogens is 220 g/mol. The first-order valence-electron chi connectivity index (χ1n) is 5.16. The third kappa shape index (κ3) is 2.65. The Morgan fingerprint density at radius 1 is 1.38 bits per heavy atom. The van der Waals surface area contributed by atoms with E-state index >= 15 is 0 Å². The molecule has 0 amide bonds. The second-order valence-electron chi connectivity index (χ2n) is 3.49. The molecule has 0 aliphatic carbocycles. The van der Waals surface area contributed by atoms with E-state index < -0.39 is 0 Å². The number of hydrogen-bond donors (Lipinski definition) is 1. The van der Waals surface area contributed by atoms with Crippen LogP contribution in [0.4, 0.5) is 0 Å². The third-order valence-corrected chi connectivity index (χ3v) is 3.35. The van der Waals surface area contributed by atoms with E-state index in [4.69, 9.17) is 10.2 Å². The molecule has 0 saturated carbocycles. The minimum absolute atomic E-state index is 0.662. The topological polar surface area (TPSA) is 52.0 Å². The summed E-state index contributed by atoms with van der Waals surface area (Å²) in [6.07, 6.45) is 4.45. The smallest absolute Gasteiger partial charge is 0.114 e. The zero-order valence-corrected chi connectivity index (χ0v) is 9.96. The molecule has 2 heterocycles. The molecule has 0 bridgehead atoms. The fraction of sp³-hybridized carbons (Fsp3) is 0.250. The van der Waals surface area contributed by atoms with Gasteiger partial charge in [0.2, 0.25) is 0 Å². The van der Waals surface area contributed by atoms with Gasteiger partial charge in [-0.25, -0.2) is 4.98 Å². The molecule has 0 aliphatic heterocycles. The van der Waals surface area contributed by atoms with Crippen LogP contribution >= 0.6 is 11.8 Å². The monoisotopic (exact) mass is 234 g/mol. The van der Waals surface area contributed by atoms with Crippen molar-refractivity contribution in [2.75, 3.05) is 6.54 Å². The predicted octanol–water partition coefficient (Wildman–Crippen LogP) is 2.64. The number of rotatable bonds is 4. The number of pyridine rings is 1. The first-order chi connectivity index (χ1) is 7.79. The van der Waals surface area contributed by atoms with E-state index in [0.717, 1.165) is 22.1 Å². The zero-order valence-electron chi connectivity index (χ0n) is 9.14. The summed E-state index contributed by atoms with van der Waals surface area (Å²) in [6.45, 7) is 2.61. The van der Waals surface area contributed by atoms with Crippen LogP contribution in [0.1, 0.15) is 11.3 Å². The Morgan fingerprint density at radius 3 is 2.81 bits per heavy atom. The summed E-state index contributed by atoms with van der Waals surface area (Å²) in [6, 6.07) is 6.04. The molecule has 0 atom stereocenters. The fourth-order valence-electron chi connectivity index (χ4n) is 1.38. The molecule has 0 aromatic carbocycles. The number of aromatic nitrogens is 1. The number of furan rings is 1. The van der Waals surface area contributed by atoms with Crippen LogP contribution in [0.25, 0.3) is 0 Å². The summed E-state index contributed by atoms with van der Waals surface area (Å²) in [5.74, 6) is 0.929. The maximum Gasteiger partial charge on any atom is 0.114 e. The minimum atomic E-state index is 0.662. The van der Waals surface area contributed by atoms with Crippen molar-refractivity contribution in [3.63, 3.8) is 0 Å². The van der Waals surface area contributed by atoms with E-state index in [0.29, 0.717) is 6.54 Å². The van der Waals surface area contributed by atoms with Crippen LogP contribution in [0, 0.1) is 6.92 Å². The van der Waals surface area contributed by atoms with Crippen molar-refractivity contribution in [3.05, 3.63) is 42.0 Å². The Hall–Kier alpha value is -1.26. The third-order valence-electron chi connectivity index (χ3n) is 2.26. The lowest BCUT2D eigenvalue weighted by Crippen LogP contribution is -2.02. The lowest BCUT2D eigenvalue weighted by atomic mass is 10.2. The van der Waals surface area contributed by atoms with E-state index in [1.54, 1.807) is 18.0 Å². The predicted molar refractivity (Wildman–Crippen MR) is 64.6 cm³/mol. The molecule has 2 N–H and O–H groups in total. The van der Waals surface area contributed by atoms with E-state index in [2.05, 4.69) is 11.1 Å². The van der Waals surface area contributed by atoms with Crippen LogP contribution < -0.4 is 5.73 Å². The van der Waals surface area contributed by atoms with Crippen molar-refractivity contribution in [3.8, 4) is 0 Å². The van der Waals surface area contributed by atoms with Crippen molar-refractivity contribution in [1.29, 1.82) is 0 Å². The van der Waals surface area contributed by atoms with Crippen LogP contribution in [0.5, 0.6) is 0 Å². The lowest BCUT2D eigenvalue weighted by molar-refractivity contribution is 0.527. The molecule has 84 valence electrons. The highest BCUT2D eigenvalue weighted by Gasteiger charge is 2.04. The van der Waals surface area contributed by atoms with Gasteiger partial charge >= 0.3 is 0 Å². The van der Waals surface area contributed by atoms with E-state index in [1.807, 2.05) is 25.3 Å². The Morgan fingerprint density at radius 2 is 2.25 bits per heavy atom. The SMILES string of the molecule is Cc1occc1Sc1ccc(CCN)cn1. The van der Waals surface area contributed by atoms with E-state index in [1.165, 1.54) is 5.56 Å². The molecule has 3 nitrogen and oxygen atoms in total. The van der Waals surface area contributed by atoms with Crippen LogP contribution in [0.2, 0.25) is 0 Å². The largest absolute Gasteiger partial charge is 0.468 e. The van der Waals surface area contributed by atoms with Gasteiger partial charge in [0.05, 0.1) is 11.2 Å². The standard InChI is InChI=1S/C12H14N2OS/c1-9-11(5-7-15-9)16-12-3-2-10(4-6-13)8-14-12/h2-3,5,7-8H,4,6,13H2,1H3. The Balaban J connectivity index is 2.08. The van der Waals surface area contributed by atoms with Gasteiger partial charge in [0.25, 0.3) is 0 Å². The van der Waals surface area contributed by atoms with Crippen LogP contribution in [-0.4, -0.2) is 11.5 Å². The van der Waals surface area contributed by atoms with Crippen molar-refractivity contribution in [2.24, 2.45) is 5.73 Å². The highest BCUT2D eigenvalue weighted by atomic mass is 32.2. The molecule has 0 aliphatic rings. The Bertz CT molecular complexity index is 450. The van der Waals surface area contributed by atoms with Crippen LogP contribution in [-0.2, 0) is 6.42 Å². The van der Waals surface area contributed by atoms with Gasteiger partial charge in [-0.1, -0.05) is 17.8 Å². The quantitative estimate of drug-likeness (QED) is 0.883. The summed E-state index contributed by atoms with van der Waals surface area (Å²) >= 11 is 1.61. The van der Waals surface area contributed by atoms with Gasteiger partial charge in [-0.15, -0.1) is 0 Å². The summed E-state index contributed by atoms with van der Waals surface area (Å²) < 4.78 is 5.23. The molecule has 4 heteroatoms. The number of nitrogens with zero attached hydrogens (tertiary/aromatic N) is 1. The van der Waals surface area contributed by atoms with Crippen LogP contribution in [0.3, 0.4) is 0 Å². The van der Waals surface area contributed by atoms with Crippen molar-refractivity contribution >= 4 is 11.8 Å². The van der Waals surface area contributed by atoms with Crippen molar-refractivity contribution in [2.45, 2.75) is 23.3 Å². The average molecular weight is 234 g/mol. The van der Waals surface area contributed by atoms with Gasteiger partial charge in [-0.05, 0) is 37.6 Å². The molecule has 0 saturated heterocycles. The van der Waals surface area contributed by atoms with Gasteiger partial charge in [-0.3, -0.25) is 0 Å². The molecule has 0 radical (unpaired) electrons. The number of aryl methyl sites for hydroxylation is 1. The van der Waals surface area contributed by atoms with Gasteiger partial charge in [0, 0.05) is 6.20 Å². The van der Waals surface area contributed by atoms with Crippen LogP contribution in [0.15, 0.2) is 45.0 Å². The Kier molecular flexibility index (Phi) is 3.64. The molecule has 0 fully saturated rings. The minimum Gasteiger partial charge on any atom is -0.468 e. The molecule has 0 spiro atoms. The van der Waals surface area contributed by atoms with Gasteiger partial charge in [0.1, 0.15) is 10.8 Å². The first-order valence-corrected chi connectivity index (χ1v) is 5.98. The van der Waals surface area contributed by atoms with E-state index in [-0.39, 0.29) is 0 Å². The van der Waals surface area contributed by atoms with E-state index in [9.17, 15) is 0 Å². The van der Waals surface area contributed by atoms with Crippen molar-refractivity contribution < 1.29 is 4.42 Å². The van der Waals surface area contributed by atoms with Gasteiger partial charge < -0.3 is 10.2 Å². The van der Waals surface area contributed by atoms with Gasteiger partial charge in [-0.2, -0.15) is 0 Å². The molecule has 2 aromatic rings. The molecule has 0 unspecified atom stereocenters. The number of nitrogens with two attached hydrogens (primary N) is 1. The summed E-state index contributed by atoms with van der Waals surface area (Å²) in [5.41, 5.74) is 6.66. The molecular formula is C12H14N2OS. The zero-order chi connectivity index (χ0) is 11.4. The molecule has 16 heavy (non-hydrogen) atoms. The second kappa shape index (κ2) is 5.18. The molecule has 2 rings (SSSR count). The highest BCUT2D eigenvalue weighted by Crippen LogP contribution is 2.29. The maximum absolute atomic E-state index is 5.48. The summed E-state index contributed by atoms with van der Waals surface area (Å²) in [7, 11) is 0. The highest BCUT2D eigenvalue weighted by molar-refractivity contribution is 7.99. The maximum atomic E-state index is 5.48. The normalized spacial score (nSPS) is 10.6. The Labute approximate surface area is 99.1 Å². The lowest BCUT2D eigenvalue weighted by Gasteiger charge is -2.01. The summed E-state index contributed by atoms with van der Waals surface area (Å²) in [5, 5.41) is 0.977. The average Bonchev–Trinajstić information content (AvgIpc) is 2.68. The first kappa shape index (κ1) is 11.2. The fourth-order valence-corrected chi connectivity index (χ4v) is 2.16. The number of hydrogen-bond acceptors (Lipinski definition) is 4. The van der Waals surface area contributed by atoms with Crippen molar-refractivity contribution in [1.82, 2.24) is 4.98 Å². The van der Waals surface area contributed by atoms with Gasteiger partial charge in [0.15, 0.2) is 0 Å². The second-order valence-corrected chi connectivity index (χ2v) is 4.55.